The molecule has 2 rings (SSSR count). The number of hydrogen-bond donors (Lipinski definition) is 2. The molecule has 0 aliphatic rings. The fourth-order valence-corrected chi connectivity index (χ4v) is 1.69. The van der Waals surface area contributed by atoms with Crippen LogP contribution >= 0.6 is 0 Å². The molecular formula is C13H17N3O2. The van der Waals surface area contributed by atoms with Crippen LogP contribution in [0, 0.1) is 6.92 Å². The Hall–Kier alpha value is -2.17. The van der Waals surface area contributed by atoms with Gasteiger partial charge in [-0.05, 0) is 19.1 Å². The van der Waals surface area contributed by atoms with Crippen molar-refractivity contribution in [2.24, 2.45) is 0 Å². The van der Waals surface area contributed by atoms with Crippen LogP contribution in [0.1, 0.15) is 11.3 Å². The molecular weight excluding hydrogens is 230 g/mol. The molecule has 0 saturated carbocycles. The van der Waals surface area contributed by atoms with E-state index in [1.165, 1.54) is 0 Å². The minimum atomic E-state index is 0.699. The highest BCUT2D eigenvalue weighted by Gasteiger charge is 2.06. The normalized spacial score (nSPS) is 10.2. The van der Waals surface area contributed by atoms with E-state index < -0.39 is 0 Å². The van der Waals surface area contributed by atoms with Crippen molar-refractivity contribution in [3.63, 3.8) is 0 Å². The van der Waals surface area contributed by atoms with Gasteiger partial charge < -0.3 is 14.8 Å². The van der Waals surface area contributed by atoms with Crippen LogP contribution in [-0.2, 0) is 6.54 Å². The molecule has 1 heterocycles. The summed E-state index contributed by atoms with van der Waals surface area (Å²) in [7, 11) is 3.28. The lowest BCUT2D eigenvalue weighted by Gasteiger charge is -2.12. The Labute approximate surface area is 106 Å². The zero-order valence-electron chi connectivity index (χ0n) is 10.8. The number of nitrogens with zero attached hydrogens (tertiary/aromatic N) is 1. The predicted octanol–water partition coefficient (Wildman–Crippen LogP) is 2.35. The standard InChI is InChI=1S/C13H17N3O2/c1-9-10(8-15-16-9)7-14-12-5-4-11(17-2)6-13(12)18-3/h4-6,8,14H,7H2,1-3H3,(H,15,16). The summed E-state index contributed by atoms with van der Waals surface area (Å²) in [5, 5.41) is 10.2. The van der Waals surface area contributed by atoms with Gasteiger partial charge in [-0.2, -0.15) is 5.10 Å². The van der Waals surface area contributed by atoms with Crippen LogP contribution in [0.2, 0.25) is 0 Å². The molecule has 1 aromatic carbocycles. The molecule has 1 aromatic heterocycles. The lowest BCUT2D eigenvalue weighted by molar-refractivity contribution is 0.395. The second-order valence-electron chi connectivity index (χ2n) is 3.94. The highest BCUT2D eigenvalue weighted by atomic mass is 16.5. The first-order chi connectivity index (χ1) is 8.74. The van der Waals surface area contributed by atoms with Gasteiger partial charge in [-0.25, -0.2) is 0 Å². The molecule has 96 valence electrons. The average molecular weight is 247 g/mol. The highest BCUT2D eigenvalue weighted by Crippen LogP contribution is 2.29. The first-order valence-electron chi connectivity index (χ1n) is 5.69. The number of aromatic amines is 1. The van der Waals surface area contributed by atoms with E-state index in [0.717, 1.165) is 28.4 Å². The summed E-state index contributed by atoms with van der Waals surface area (Å²) in [6, 6.07) is 5.69. The van der Waals surface area contributed by atoms with E-state index in [0.29, 0.717) is 6.54 Å². The quantitative estimate of drug-likeness (QED) is 0.851. The molecule has 2 aromatic rings. The van der Waals surface area contributed by atoms with Gasteiger partial charge in [-0.15, -0.1) is 0 Å². The minimum absolute atomic E-state index is 0.699. The first-order valence-corrected chi connectivity index (χ1v) is 5.69. The number of nitrogens with one attached hydrogen (secondary N) is 2. The summed E-state index contributed by atoms with van der Waals surface area (Å²) in [6.07, 6.45) is 1.82. The third-order valence-corrected chi connectivity index (χ3v) is 2.81. The second kappa shape index (κ2) is 5.44. The van der Waals surface area contributed by atoms with Gasteiger partial charge in [0.2, 0.25) is 0 Å². The Morgan fingerprint density at radius 1 is 1.28 bits per heavy atom. The van der Waals surface area contributed by atoms with Crippen molar-refractivity contribution >= 4 is 5.69 Å². The van der Waals surface area contributed by atoms with Crippen molar-refractivity contribution in [2.75, 3.05) is 19.5 Å². The number of aryl methyl sites for hydroxylation is 1. The maximum absolute atomic E-state index is 5.32. The van der Waals surface area contributed by atoms with Gasteiger partial charge in [0.1, 0.15) is 11.5 Å². The van der Waals surface area contributed by atoms with E-state index >= 15 is 0 Å². The topological polar surface area (TPSA) is 59.2 Å². The molecule has 5 heteroatoms. The van der Waals surface area contributed by atoms with Crippen LogP contribution in [0.5, 0.6) is 11.5 Å². The fourth-order valence-electron chi connectivity index (χ4n) is 1.69. The first kappa shape index (κ1) is 12.3. The summed E-state index contributed by atoms with van der Waals surface area (Å²) >= 11 is 0. The maximum Gasteiger partial charge on any atom is 0.145 e. The molecule has 0 aliphatic heterocycles. The molecule has 5 nitrogen and oxygen atoms in total. The number of rotatable bonds is 5. The number of anilines is 1. The SMILES string of the molecule is COc1ccc(NCc2cn[nH]c2C)c(OC)c1. The van der Waals surface area contributed by atoms with Crippen LogP contribution in [0.4, 0.5) is 5.69 Å². The van der Waals surface area contributed by atoms with Gasteiger partial charge in [-0.1, -0.05) is 0 Å². The van der Waals surface area contributed by atoms with Crippen molar-refractivity contribution in [2.45, 2.75) is 13.5 Å². The number of H-pyrrole nitrogens is 1. The molecule has 0 saturated heterocycles. The molecule has 0 unspecified atom stereocenters. The predicted molar refractivity (Wildman–Crippen MR) is 70.2 cm³/mol. The van der Waals surface area contributed by atoms with Crippen molar-refractivity contribution in [3.05, 3.63) is 35.7 Å². The lowest BCUT2D eigenvalue weighted by Crippen LogP contribution is -2.02. The van der Waals surface area contributed by atoms with Crippen LogP contribution in [0.15, 0.2) is 24.4 Å². The van der Waals surface area contributed by atoms with E-state index in [2.05, 4.69) is 15.5 Å². The minimum Gasteiger partial charge on any atom is -0.497 e. The second-order valence-corrected chi connectivity index (χ2v) is 3.94. The number of ether oxygens (including phenoxy) is 2. The zero-order chi connectivity index (χ0) is 13.0. The van der Waals surface area contributed by atoms with Crippen molar-refractivity contribution in [1.82, 2.24) is 10.2 Å². The smallest absolute Gasteiger partial charge is 0.145 e. The Morgan fingerprint density at radius 2 is 2.11 bits per heavy atom. The average Bonchev–Trinajstić information content (AvgIpc) is 2.81. The zero-order valence-corrected chi connectivity index (χ0v) is 10.8. The van der Waals surface area contributed by atoms with Crippen molar-refractivity contribution in [1.29, 1.82) is 0 Å². The number of aromatic nitrogens is 2. The van der Waals surface area contributed by atoms with Crippen LogP contribution in [0.25, 0.3) is 0 Å². The van der Waals surface area contributed by atoms with Crippen LogP contribution in [-0.4, -0.2) is 24.4 Å². The highest BCUT2D eigenvalue weighted by molar-refractivity contribution is 5.59. The summed E-state index contributed by atoms with van der Waals surface area (Å²) < 4.78 is 10.5. The van der Waals surface area contributed by atoms with E-state index in [1.807, 2.05) is 31.3 Å². The largest absolute Gasteiger partial charge is 0.497 e. The number of hydrogen-bond acceptors (Lipinski definition) is 4. The van der Waals surface area contributed by atoms with E-state index in [1.54, 1.807) is 14.2 Å². The molecule has 0 bridgehead atoms. The summed E-state index contributed by atoms with van der Waals surface area (Å²) in [6.45, 7) is 2.69. The third kappa shape index (κ3) is 2.56. The molecule has 0 radical (unpaired) electrons. The lowest BCUT2D eigenvalue weighted by atomic mass is 10.2. The fraction of sp³-hybridized carbons (Fsp3) is 0.308. The molecule has 0 spiro atoms. The van der Waals surface area contributed by atoms with Gasteiger partial charge >= 0.3 is 0 Å². The molecule has 18 heavy (non-hydrogen) atoms. The Balaban J connectivity index is 2.11. The molecule has 0 fully saturated rings. The van der Waals surface area contributed by atoms with E-state index in [-0.39, 0.29) is 0 Å². The van der Waals surface area contributed by atoms with Crippen molar-refractivity contribution in [3.8, 4) is 11.5 Å². The van der Waals surface area contributed by atoms with Crippen molar-refractivity contribution < 1.29 is 9.47 Å². The Morgan fingerprint density at radius 3 is 2.72 bits per heavy atom. The number of methoxy groups -OCH3 is 2. The molecule has 0 amide bonds. The Bertz CT molecular complexity index is 523. The van der Waals surface area contributed by atoms with Gasteiger partial charge in [0.25, 0.3) is 0 Å². The maximum atomic E-state index is 5.32. The van der Waals surface area contributed by atoms with Gasteiger partial charge in [-0.3, -0.25) is 5.10 Å². The number of benzene rings is 1. The monoisotopic (exact) mass is 247 g/mol. The summed E-state index contributed by atoms with van der Waals surface area (Å²) in [5.74, 6) is 1.53. The van der Waals surface area contributed by atoms with Crippen LogP contribution in [0.3, 0.4) is 0 Å². The Kier molecular flexibility index (Phi) is 3.72. The van der Waals surface area contributed by atoms with Crippen LogP contribution < -0.4 is 14.8 Å². The molecule has 0 aliphatic carbocycles. The van der Waals surface area contributed by atoms with Gasteiger partial charge in [0.15, 0.2) is 0 Å². The van der Waals surface area contributed by atoms with Gasteiger partial charge in [0, 0.05) is 23.9 Å². The summed E-state index contributed by atoms with van der Waals surface area (Å²) in [5.41, 5.74) is 3.13. The molecule has 2 N–H and O–H groups in total. The van der Waals surface area contributed by atoms with E-state index in [4.69, 9.17) is 9.47 Å². The summed E-state index contributed by atoms with van der Waals surface area (Å²) in [4.78, 5) is 0. The third-order valence-electron chi connectivity index (χ3n) is 2.81. The van der Waals surface area contributed by atoms with Gasteiger partial charge in [0.05, 0.1) is 26.1 Å². The molecule has 0 atom stereocenters. The van der Waals surface area contributed by atoms with E-state index in [9.17, 15) is 0 Å².